The third-order valence-corrected chi connectivity index (χ3v) is 2.93. The van der Waals surface area contributed by atoms with Crippen LogP contribution in [0.5, 0.6) is 0 Å². The third-order valence-electron chi connectivity index (χ3n) is 1.97. The van der Waals surface area contributed by atoms with Gasteiger partial charge in [0.05, 0.1) is 4.90 Å². The van der Waals surface area contributed by atoms with E-state index in [2.05, 4.69) is 0 Å². The van der Waals surface area contributed by atoms with Crippen LogP contribution in [0.4, 0.5) is 0 Å². The Bertz CT molecular complexity index is 441. The van der Waals surface area contributed by atoms with Crippen LogP contribution in [0.1, 0.15) is 26.3 Å². The highest BCUT2D eigenvalue weighted by Gasteiger charge is 2.19. The molecule has 4 heteroatoms. The van der Waals surface area contributed by atoms with E-state index >= 15 is 0 Å². The van der Waals surface area contributed by atoms with Crippen molar-refractivity contribution in [2.75, 3.05) is 0 Å². The van der Waals surface area contributed by atoms with E-state index in [1.54, 1.807) is 18.2 Å². The van der Waals surface area contributed by atoms with Crippen LogP contribution in [-0.4, -0.2) is 13.0 Å². The first-order valence-corrected chi connectivity index (χ1v) is 6.19. The maximum Gasteiger partial charge on any atom is 0.294 e. The minimum atomic E-state index is -4.11. The average molecular weight is 228 g/mol. The molecular formula is C11H16O3S. The minimum Gasteiger partial charge on any atom is -0.282 e. The van der Waals surface area contributed by atoms with E-state index in [9.17, 15) is 8.42 Å². The zero-order valence-corrected chi connectivity index (χ0v) is 10.0. The Labute approximate surface area is 90.9 Å². The standard InChI is InChI=1S/C11H16O3S/c1-11(2,3)8-9-6-4-5-7-10(9)15(12,13)14/h4-7H,8H2,1-3H3,(H,12,13,14). The van der Waals surface area contributed by atoms with Crippen molar-refractivity contribution in [1.29, 1.82) is 0 Å². The quantitative estimate of drug-likeness (QED) is 0.791. The van der Waals surface area contributed by atoms with Gasteiger partial charge in [-0.1, -0.05) is 39.0 Å². The van der Waals surface area contributed by atoms with E-state index in [1.807, 2.05) is 20.8 Å². The van der Waals surface area contributed by atoms with Gasteiger partial charge in [0.1, 0.15) is 0 Å². The van der Waals surface area contributed by atoms with Gasteiger partial charge >= 0.3 is 0 Å². The van der Waals surface area contributed by atoms with Crippen molar-refractivity contribution in [1.82, 2.24) is 0 Å². The average Bonchev–Trinajstić information content (AvgIpc) is 1.99. The van der Waals surface area contributed by atoms with Crippen molar-refractivity contribution in [2.45, 2.75) is 32.1 Å². The molecule has 15 heavy (non-hydrogen) atoms. The van der Waals surface area contributed by atoms with Gasteiger partial charge in [0, 0.05) is 0 Å². The Morgan fingerprint density at radius 1 is 1.20 bits per heavy atom. The van der Waals surface area contributed by atoms with E-state index < -0.39 is 10.1 Å². The molecule has 0 spiro atoms. The predicted octanol–water partition coefficient (Wildman–Crippen LogP) is 2.52. The fourth-order valence-electron chi connectivity index (χ4n) is 1.47. The van der Waals surface area contributed by atoms with Crippen LogP contribution in [-0.2, 0) is 16.5 Å². The Morgan fingerprint density at radius 2 is 1.73 bits per heavy atom. The molecule has 0 aliphatic rings. The van der Waals surface area contributed by atoms with E-state index in [0.29, 0.717) is 12.0 Å². The van der Waals surface area contributed by atoms with Crippen LogP contribution in [0.3, 0.4) is 0 Å². The topological polar surface area (TPSA) is 54.4 Å². The van der Waals surface area contributed by atoms with Crippen molar-refractivity contribution in [3.63, 3.8) is 0 Å². The molecule has 1 N–H and O–H groups in total. The Hall–Kier alpha value is -0.870. The molecule has 0 aromatic heterocycles. The fourth-order valence-corrected chi connectivity index (χ4v) is 2.19. The summed E-state index contributed by atoms with van der Waals surface area (Å²) in [4.78, 5) is 0.0138. The number of rotatable bonds is 2. The summed E-state index contributed by atoms with van der Waals surface area (Å²) >= 11 is 0. The lowest BCUT2D eigenvalue weighted by Gasteiger charge is -2.19. The van der Waals surface area contributed by atoms with E-state index in [-0.39, 0.29) is 10.3 Å². The summed E-state index contributed by atoms with van der Waals surface area (Å²) in [5.74, 6) is 0. The van der Waals surface area contributed by atoms with Gasteiger partial charge in [-0.15, -0.1) is 0 Å². The largest absolute Gasteiger partial charge is 0.294 e. The van der Waals surface area contributed by atoms with Gasteiger partial charge in [-0.3, -0.25) is 4.55 Å². The Morgan fingerprint density at radius 3 is 2.20 bits per heavy atom. The zero-order valence-electron chi connectivity index (χ0n) is 9.19. The van der Waals surface area contributed by atoms with Crippen LogP contribution in [0.25, 0.3) is 0 Å². The van der Waals surface area contributed by atoms with Crippen LogP contribution in [0.2, 0.25) is 0 Å². The van der Waals surface area contributed by atoms with Crippen molar-refractivity contribution in [3.8, 4) is 0 Å². The summed E-state index contributed by atoms with van der Waals surface area (Å²) in [5.41, 5.74) is 0.647. The summed E-state index contributed by atoms with van der Waals surface area (Å²) in [6.07, 6.45) is 0.614. The summed E-state index contributed by atoms with van der Waals surface area (Å²) in [6, 6.07) is 6.54. The molecule has 0 atom stereocenters. The number of benzene rings is 1. The molecule has 0 unspecified atom stereocenters. The monoisotopic (exact) mass is 228 g/mol. The first-order valence-electron chi connectivity index (χ1n) is 4.75. The smallest absolute Gasteiger partial charge is 0.282 e. The van der Waals surface area contributed by atoms with Crippen molar-refractivity contribution in [3.05, 3.63) is 29.8 Å². The fraction of sp³-hybridized carbons (Fsp3) is 0.455. The molecule has 1 aromatic carbocycles. The second-order valence-electron chi connectivity index (χ2n) is 4.82. The van der Waals surface area contributed by atoms with Crippen LogP contribution in [0, 0.1) is 5.41 Å². The molecule has 0 aliphatic carbocycles. The molecular weight excluding hydrogens is 212 g/mol. The van der Waals surface area contributed by atoms with Crippen LogP contribution >= 0.6 is 0 Å². The lowest BCUT2D eigenvalue weighted by Crippen LogP contribution is -2.12. The molecule has 1 aromatic rings. The second kappa shape index (κ2) is 3.94. The molecule has 0 saturated carbocycles. The molecule has 1 rings (SSSR count). The molecule has 0 radical (unpaired) electrons. The summed E-state index contributed by atoms with van der Waals surface area (Å²) in [5, 5.41) is 0. The first kappa shape index (κ1) is 12.2. The summed E-state index contributed by atoms with van der Waals surface area (Å²) in [7, 11) is -4.11. The Kier molecular flexibility index (Phi) is 3.21. The zero-order chi connectivity index (χ0) is 11.7. The van der Waals surface area contributed by atoms with Gasteiger partial charge in [-0.25, -0.2) is 0 Å². The van der Waals surface area contributed by atoms with Gasteiger partial charge in [0.15, 0.2) is 0 Å². The lowest BCUT2D eigenvalue weighted by molar-refractivity contribution is 0.406. The highest BCUT2D eigenvalue weighted by Crippen LogP contribution is 2.25. The molecule has 0 bridgehead atoms. The van der Waals surface area contributed by atoms with Crippen LogP contribution in [0.15, 0.2) is 29.2 Å². The first-order chi connectivity index (χ1) is 6.70. The highest BCUT2D eigenvalue weighted by atomic mass is 32.2. The van der Waals surface area contributed by atoms with Crippen molar-refractivity contribution < 1.29 is 13.0 Å². The minimum absolute atomic E-state index is 0.0131. The van der Waals surface area contributed by atoms with Gasteiger partial charge in [0.25, 0.3) is 10.1 Å². The van der Waals surface area contributed by atoms with E-state index in [0.717, 1.165) is 0 Å². The SMILES string of the molecule is CC(C)(C)Cc1ccccc1S(=O)(=O)O. The maximum absolute atomic E-state index is 11.1. The van der Waals surface area contributed by atoms with Gasteiger partial charge in [-0.2, -0.15) is 8.42 Å². The molecule has 3 nitrogen and oxygen atoms in total. The van der Waals surface area contributed by atoms with Gasteiger partial charge in [-0.05, 0) is 23.5 Å². The molecule has 0 aliphatic heterocycles. The summed E-state index contributed by atoms with van der Waals surface area (Å²) in [6.45, 7) is 6.06. The highest BCUT2D eigenvalue weighted by molar-refractivity contribution is 7.85. The van der Waals surface area contributed by atoms with Crippen LogP contribution < -0.4 is 0 Å². The van der Waals surface area contributed by atoms with E-state index in [1.165, 1.54) is 6.07 Å². The number of hydrogen-bond acceptors (Lipinski definition) is 2. The molecule has 0 heterocycles. The molecule has 0 amide bonds. The van der Waals surface area contributed by atoms with Gasteiger partial charge in [0.2, 0.25) is 0 Å². The summed E-state index contributed by atoms with van der Waals surface area (Å²) < 4.78 is 31.2. The van der Waals surface area contributed by atoms with Crippen molar-refractivity contribution in [2.24, 2.45) is 5.41 Å². The maximum atomic E-state index is 11.1. The third kappa shape index (κ3) is 3.64. The molecule has 84 valence electrons. The predicted molar refractivity (Wildman–Crippen MR) is 59.4 cm³/mol. The van der Waals surface area contributed by atoms with E-state index in [4.69, 9.17) is 4.55 Å². The second-order valence-corrected chi connectivity index (χ2v) is 6.21. The van der Waals surface area contributed by atoms with Crippen molar-refractivity contribution >= 4 is 10.1 Å². The lowest BCUT2D eigenvalue weighted by atomic mass is 9.88. The molecule has 0 fully saturated rings. The normalized spacial score (nSPS) is 12.8. The Balaban J connectivity index is 3.20. The van der Waals surface area contributed by atoms with Gasteiger partial charge < -0.3 is 0 Å². The molecule has 0 saturated heterocycles. The number of hydrogen-bond donors (Lipinski definition) is 1.